The van der Waals surface area contributed by atoms with Crippen molar-refractivity contribution in [2.24, 2.45) is 0 Å². The smallest absolute Gasteiger partial charge is 0.271 e. The van der Waals surface area contributed by atoms with E-state index in [9.17, 15) is 9.90 Å². The first-order valence-corrected chi connectivity index (χ1v) is 7.60. The zero-order valence-electron chi connectivity index (χ0n) is 11.4. The van der Waals surface area contributed by atoms with Crippen molar-refractivity contribution < 1.29 is 14.6 Å². The molecule has 0 amide bonds. The van der Waals surface area contributed by atoms with Gasteiger partial charge >= 0.3 is 0 Å². The Balaban J connectivity index is 1.64. The molecule has 4 rings (SSSR count). The Labute approximate surface area is 129 Å². The molecule has 0 spiro atoms. The fourth-order valence-electron chi connectivity index (χ4n) is 2.42. The fourth-order valence-corrected chi connectivity index (χ4v) is 3.21. The molecular weight excluding hydrogens is 304 g/mol. The number of thiophene rings is 1. The largest absolute Gasteiger partial charge is 0.454 e. The van der Waals surface area contributed by atoms with Crippen LogP contribution >= 0.6 is 11.3 Å². The molecule has 3 heterocycles. The number of aliphatic hydroxyl groups is 1. The number of fused-ring (bicyclic) bond motifs is 2. The number of aliphatic hydroxyl groups excluding tert-OH is 1. The Morgan fingerprint density at radius 2 is 2.18 bits per heavy atom. The van der Waals surface area contributed by atoms with Crippen molar-refractivity contribution in [3.05, 3.63) is 51.9 Å². The first-order valence-electron chi connectivity index (χ1n) is 6.72. The normalized spacial score (nSPS) is 14.4. The Morgan fingerprint density at radius 3 is 3.09 bits per heavy atom. The number of benzene rings is 1. The molecule has 1 aliphatic heterocycles. The van der Waals surface area contributed by atoms with Crippen LogP contribution in [-0.4, -0.2) is 21.5 Å². The van der Waals surface area contributed by atoms with Gasteiger partial charge in [0, 0.05) is 0 Å². The molecule has 0 fully saturated rings. The van der Waals surface area contributed by atoms with E-state index in [1.165, 1.54) is 22.2 Å². The van der Waals surface area contributed by atoms with Gasteiger partial charge in [0.25, 0.3) is 5.56 Å². The minimum Gasteiger partial charge on any atom is -0.454 e. The third kappa shape index (κ3) is 2.15. The zero-order chi connectivity index (χ0) is 15.1. The van der Waals surface area contributed by atoms with Crippen molar-refractivity contribution in [1.82, 2.24) is 9.55 Å². The van der Waals surface area contributed by atoms with E-state index in [-0.39, 0.29) is 18.9 Å². The third-order valence-corrected chi connectivity index (χ3v) is 4.48. The van der Waals surface area contributed by atoms with E-state index in [0.29, 0.717) is 27.3 Å². The van der Waals surface area contributed by atoms with Crippen LogP contribution in [0.15, 0.2) is 40.8 Å². The summed E-state index contributed by atoms with van der Waals surface area (Å²) in [5.74, 6) is 1.27. The maximum atomic E-state index is 12.3. The average Bonchev–Trinajstić information content (AvgIpc) is 3.17. The summed E-state index contributed by atoms with van der Waals surface area (Å²) in [5.41, 5.74) is 1.21. The summed E-state index contributed by atoms with van der Waals surface area (Å²) in [6.07, 6.45) is 0.638. The Kier molecular flexibility index (Phi) is 3.09. The number of aromatic nitrogens is 2. The van der Waals surface area contributed by atoms with Crippen molar-refractivity contribution >= 4 is 21.6 Å². The predicted octanol–water partition coefficient (Wildman–Crippen LogP) is 1.92. The molecule has 112 valence electrons. The molecule has 3 aromatic rings. The van der Waals surface area contributed by atoms with Crippen LogP contribution in [0.1, 0.15) is 11.7 Å². The van der Waals surface area contributed by atoms with Gasteiger partial charge in [0.15, 0.2) is 11.5 Å². The van der Waals surface area contributed by atoms with Crippen LogP contribution in [0.5, 0.6) is 11.5 Å². The molecule has 1 aromatic carbocycles. The molecule has 0 saturated heterocycles. The van der Waals surface area contributed by atoms with Gasteiger partial charge in [0.2, 0.25) is 6.79 Å². The van der Waals surface area contributed by atoms with Crippen molar-refractivity contribution in [3.8, 4) is 11.5 Å². The molecule has 7 heteroatoms. The van der Waals surface area contributed by atoms with E-state index in [1.807, 2.05) is 5.38 Å². The molecule has 1 atom stereocenters. The van der Waals surface area contributed by atoms with E-state index >= 15 is 0 Å². The van der Waals surface area contributed by atoms with E-state index < -0.39 is 6.10 Å². The lowest BCUT2D eigenvalue weighted by Gasteiger charge is -2.13. The summed E-state index contributed by atoms with van der Waals surface area (Å²) < 4.78 is 12.6. The Bertz CT molecular complexity index is 902. The molecule has 1 aliphatic rings. The molecular formula is C15H12N2O4S. The summed E-state index contributed by atoms with van der Waals surface area (Å²) >= 11 is 1.35. The van der Waals surface area contributed by atoms with Gasteiger partial charge < -0.3 is 14.6 Å². The second kappa shape index (κ2) is 5.11. The summed E-state index contributed by atoms with van der Waals surface area (Å²) in [5, 5.41) is 12.2. The number of ether oxygens (including phenoxy) is 2. The maximum absolute atomic E-state index is 12.3. The van der Waals surface area contributed by atoms with Crippen molar-refractivity contribution in [2.75, 3.05) is 6.79 Å². The van der Waals surface area contributed by atoms with Gasteiger partial charge in [-0.15, -0.1) is 11.3 Å². The van der Waals surface area contributed by atoms with Gasteiger partial charge in [0.1, 0.15) is 4.70 Å². The van der Waals surface area contributed by atoms with Crippen molar-refractivity contribution in [3.63, 3.8) is 0 Å². The summed E-state index contributed by atoms with van der Waals surface area (Å²) in [6.45, 7) is 0.326. The third-order valence-electron chi connectivity index (χ3n) is 3.59. The quantitative estimate of drug-likeness (QED) is 0.799. The highest BCUT2D eigenvalue weighted by Gasteiger charge is 2.17. The molecule has 22 heavy (non-hydrogen) atoms. The first kappa shape index (κ1) is 13.3. The SMILES string of the molecule is O=c1c2sccc2ncn1C[C@@H](O)c1ccc2c(c1)OCO2. The van der Waals surface area contributed by atoms with Gasteiger partial charge in [-0.1, -0.05) is 6.07 Å². The lowest BCUT2D eigenvalue weighted by molar-refractivity contribution is 0.154. The van der Waals surface area contributed by atoms with E-state index in [2.05, 4.69) is 4.98 Å². The van der Waals surface area contributed by atoms with Crippen LogP contribution in [0.2, 0.25) is 0 Å². The van der Waals surface area contributed by atoms with E-state index in [1.54, 1.807) is 24.3 Å². The van der Waals surface area contributed by atoms with Gasteiger partial charge in [-0.3, -0.25) is 9.36 Å². The molecule has 1 N–H and O–H groups in total. The van der Waals surface area contributed by atoms with Crippen LogP contribution in [-0.2, 0) is 6.54 Å². The van der Waals surface area contributed by atoms with Gasteiger partial charge in [-0.25, -0.2) is 4.98 Å². The number of hydrogen-bond donors (Lipinski definition) is 1. The zero-order valence-corrected chi connectivity index (χ0v) is 12.2. The van der Waals surface area contributed by atoms with Gasteiger partial charge in [-0.2, -0.15) is 0 Å². The topological polar surface area (TPSA) is 73.6 Å². The minimum atomic E-state index is -0.827. The Morgan fingerprint density at radius 1 is 1.32 bits per heavy atom. The highest BCUT2D eigenvalue weighted by Crippen LogP contribution is 2.34. The highest BCUT2D eigenvalue weighted by molar-refractivity contribution is 7.17. The monoisotopic (exact) mass is 316 g/mol. The van der Waals surface area contributed by atoms with Crippen LogP contribution in [0.3, 0.4) is 0 Å². The highest BCUT2D eigenvalue weighted by atomic mass is 32.1. The number of nitrogens with zero attached hydrogens (tertiary/aromatic N) is 2. The Hall–Kier alpha value is -2.38. The van der Waals surface area contributed by atoms with E-state index in [0.717, 1.165) is 0 Å². The van der Waals surface area contributed by atoms with Crippen molar-refractivity contribution in [2.45, 2.75) is 12.6 Å². The molecule has 0 unspecified atom stereocenters. The minimum absolute atomic E-state index is 0.138. The summed E-state index contributed by atoms with van der Waals surface area (Å²) in [7, 11) is 0. The number of rotatable bonds is 3. The molecule has 0 bridgehead atoms. The maximum Gasteiger partial charge on any atom is 0.271 e. The summed E-state index contributed by atoms with van der Waals surface area (Å²) in [6, 6.07) is 7.06. The van der Waals surface area contributed by atoms with Crippen LogP contribution < -0.4 is 15.0 Å². The second-order valence-corrected chi connectivity index (χ2v) is 5.88. The fraction of sp³-hybridized carbons (Fsp3) is 0.200. The van der Waals surface area contributed by atoms with Crippen LogP contribution in [0, 0.1) is 0 Å². The first-order chi connectivity index (χ1) is 10.7. The summed E-state index contributed by atoms with van der Waals surface area (Å²) in [4.78, 5) is 16.5. The molecule has 0 saturated carbocycles. The lowest BCUT2D eigenvalue weighted by Crippen LogP contribution is -2.23. The molecule has 0 radical (unpaired) electrons. The van der Waals surface area contributed by atoms with Gasteiger partial charge in [-0.05, 0) is 29.1 Å². The van der Waals surface area contributed by atoms with Crippen LogP contribution in [0.4, 0.5) is 0 Å². The molecule has 2 aromatic heterocycles. The van der Waals surface area contributed by atoms with E-state index in [4.69, 9.17) is 9.47 Å². The lowest BCUT2D eigenvalue weighted by atomic mass is 10.1. The van der Waals surface area contributed by atoms with Crippen LogP contribution in [0.25, 0.3) is 10.2 Å². The standard InChI is InChI=1S/C15H12N2O4S/c18-11(9-1-2-12-13(5-9)21-8-20-12)6-17-7-16-10-3-4-22-14(10)15(17)19/h1-5,7,11,18H,6,8H2/t11-/m1/s1. The average molecular weight is 316 g/mol. The predicted molar refractivity (Wildman–Crippen MR) is 81.4 cm³/mol. The number of hydrogen-bond acceptors (Lipinski definition) is 6. The second-order valence-electron chi connectivity index (χ2n) is 4.97. The van der Waals surface area contributed by atoms with Gasteiger partial charge in [0.05, 0.1) is 24.5 Å². The molecule has 6 nitrogen and oxygen atoms in total. The van der Waals surface area contributed by atoms with Crippen molar-refractivity contribution in [1.29, 1.82) is 0 Å². The molecule has 0 aliphatic carbocycles.